The molecule has 2 aromatic rings. The second kappa shape index (κ2) is 5.22. The average molecular weight is 276 g/mol. The number of anilines is 2. The lowest BCUT2D eigenvalue weighted by atomic mass is 10.2. The Kier molecular flexibility index (Phi) is 3.41. The molecule has 0 aromatic carbocycles. The van der Waals surface area contributed by atoms with E-state index in [2.05, 4.69) is 49.5 Å². The van der Waals surface area contributed by atoms with E-state index in [4.69, 9.17) is 5.84 Å². The molecule has 1 aliphatic heterocycles. The molecule has 1 unspecified atom stereocenters. The monoisotopic (exact) mass is 276 g/mol. The number of nitrogens with one attached hydrogen (secondary N) is 2. The van der Waals surface area contributed by atoms with Crippen LogP contribution in [0.5, 0.6) is 0 Å². The highest BCUT2D eigenvalue weighted by atomic mass is 15.3. The van der Waals surface area contributed by atoms with Crippen molar-refractivity contribution in [3.63, 3.8) is 0 Å². The van der Waals surface area contributed by atoms with Crippen molar-refractivity contribution in [2.75, 3.05) is 37.5 Å². The topological polar surface area (TPSA) is 99.0 Å². The zero-order chi connectivity index (χ0) is 14.1. The predicted molar refractivity (Wildman–Crippen MR) is 78.4 cm³/mol. The Morgan fingerprint density at radius 2 is 2.35 bits per heavy atom. The molecule has 8 nitrogen and oxygen atoms in total. The van der Waals surface area contributed by atoms with Gasteiger partial charge >= 0.3 is 0 Å². The van der Waals surface area contributed by atoms with Crippen molar-refractivity contribution >= 4 is 22.8 Å². The summed E-state index contributed by atoms with van der Waals surface area (Å²) in [5, 5.41) is 7.88. The van der Waals surface area contributed by atoms with Gasteiger partial charge < -0.3 is 9.80 Å². The molecule has 1 aliphatic rings. The highest BCUT2D eigenvalue weighted by Crippen LogP contribution is 2.30. The molecule has 8 heteroatoms. The molecule has 3 heterocycles. The van der Waals surface area contributed by atoms with E-state index in [1.165, 1.54) is 12.8 Å². The van der Waals surface area contributed by atoms with Gasteiger partial charge in [0.15, 0.2) is 5.65 Å². The number of fused-ring (bicyclic) bond motifs is 1. The van der Waals surface area contributed by atoms with Gasteiger partial charge in [-0.25, -0.2) is 5.84 Å². The van der Waals surface area contributed by atoms with Gasteiger partial charge in [-0.15, -0.1) is 0 Å². The van der Waals surface area contributed by atoms with Crippen molar-refractivity contribution in [2.24, 2.45) is 5.84 Å². The van der Waals surface area contributed by atoms with E-state index in [0.29, 0.717) is 17.6 Å². The number of rotatable bonds is 4. The molecule has 1 saturated heterocycles. The van der Waals surface area contributed by atoms with Crippen LogP contribution in [0, 0.1) is 0 Å². The fourth-order valence-electron chi connectivity index (χ4n) is 2.83. The minimum Gasteiger partial charge on any atom is -0.352 e. The average Bonchev–Trinajstić information content (AvgIpc) is 3.05. The van der Waals surface area contributed by atoms with Crippen molar-refractivity contribution in [1.82, 2.24) is 25.1 Å². The molecule has 20 heavy (non-hydrogen) atoms. The summed E-state index contributed by atoms with van der Waals surface area (Å²) in [4.78, 5) is 13.3. The zero-order valence-corrected chi connectivity index (χ0v) is 11.8. The second-order valence-corrected chi connectivity index (χ2v) is 5.40. The third-order valence-electron chi connectivity index (χ3n) is 3.64. The first-order chi connectivity index (χ1) is 9.69. The van der Waals surface area contributed by atoms with Crippen molar-refractivity contribution < 1.29 is 0 Å². The van der Waals surface area contributed by atoms with Crippen LogP contribution >= 0.6 is 0 Å². The fourth-order valence-corrected chi connectivity index (χ4v) is 2.83. The van der Waals surface area contributed by atoms with Gasteiger partial charge in [0.2, 0.25) is 5.95 Å². The van der Waals surface area contributed by atoms with Crippen LogP contribution in [-0.2, 0) is 0 Å². The van der Waals surface area contributed by atoms with E-state index in [1.807, 2.05) is 0 Å². The summed E-state index contributed by atoms with van der Waals surface area (Å²) in [5.41, 5.74) is 3.23. The van der Waals surface area contributed by atoms with Gasteiger partial charge in [0, 0.05) is 19.1 Å². The molecular formula is C12H20N8. The van der Waals surface area contributed by atoms with Crippen LogP contribution in [0.4, 0.5) is 11.8 Å². The van der Waals surface area contributed by atoms with Gasteiger partial charge in [0.05, 0.1) is 11.6 Å². The molecule has 0 amide bonds. The van der Waals surface area contributed by atoms with E-state index < -0.39 is 0 Å². The predicted octanol–water partition coefficient (Wildman–Crippen LogP) is 0.169. The Morgan fingerprint density at radius 1 is 1.50 bits per heavy atom. The number of nitrogens with zero attached hydrogens (tertiary/aromatic N) is 5. The number of nitrogen functional groups attached to an aromatic ring is 1. The van der Waals surface area contributed by atoms with E-state index in [-0.39, 0.29) is 0 Å². The van der Waals surface area contributed by atoms with Crippen LogP contribution in [0.1, 0.15) is 12.8 Å². The largest absolute Gasteiger partial charge is 0.352 e. The van der Waals surface area contributed by atoms with Crippen molar-refractivity contribution in [3.8, 4) is 0 Å². The lowest BCUT2D eigenvalue weighted by molar-refractivity contribution is 0.372. The van der Waals surface area contributed by atoms with E-state index in [9.17, 15) is 0 Å². The maximum absolute atomic E-state index is 5.46. The Hall–Kier alpha value is -1.93. The number of aromatic amines is 1. The molecule has 1 fully saturated rings. The van der Waals surface area contributed by atoms with Gasteiger partial charge in [-0.3, -0.25) is 10.5 Å². The molecule has 0 saturated carbocycles. The Labute approximate surface area is 117 Å². The lowest BCUT2D eigenvalue weighted by Gasteiger charge is -2.28. The molecule has 4 N–H and O–H groups in total. The van der Waals surface area contributed by atoms with Crippen molar-refractivity contribution in [1.29, 1.82) is 0 Å². The van der Waals surface area contributed by atoms with Crippen LogP contribution in [0.3, 0.4) is 0 Å². The Bertz CT molecular complexity index is 592. The van der Waals surface area contributed by atoms with Crippen LogP contribution in [-0.4, -0.2) is 58.3 Å². The standard InChI is InChI=1S/C12H20N8/c1-19(2)7-8-4-3-5-20(8)11-9-6-14-18-10(9)15-12(16-11)17-13/h6,8H,3-5,7,13H2,1-2H3,(H2,14,15,16,17,18). The molecule has 0 aliphatic carbocycles. The maximum atomic E-state index is 5.46. The number of aromatic nitrogens is 4. The lowest BCUT2D eigenvalue weighted by Crippen LogP contribution is -2.38. The summed E-state index contributed by atoms with van der Waals surface area (Å²) in [7, 11) is 4.19. The minimum atomic E-state index is 0.409. The first kappa shape index (κ1) is 13.1. The van der Waals surface area contributed by atoms with E-state index in [1.54, 1.807) is 6.20 Å². The quantitative estimate of drug-likeness (QED) is 0.540. The summed E-state index contributed by atoms with van der Waals surface area (Å²) in [6.45, 7) is 2.01. The van der Waals surface area contributed by atoms with Crippen LogP contribution in [0.2, 0.25) is 0 Å². The van der Waals surface area contributed by atoms with Gasteiger partial charge in [0.1, 0.15) is 5.82 Å². The van der Waals surface area contributed by atoms with Crippen LogP contribution in [0.15, 0.2) is 6.20 Å². The van der Waals surface area contributed by atoms with Gasteiger partial charge in [-0.1, -0.05) is 0 Å². The Morgan fingerprint density at radius 3 is 3.10 bits per heavy atom. The highest BCUT2D eigenvalue weighted by molar-refractivity contribution is 5.87. The van der Waals surface area contributed by atoms with Crippen LogP contribution < -0.4 is 16.2 Å². The minimum absolute atomic E-state index is 0.409. The zero-order valence-electron chi connectivity index (χ0n) is 11.8. The van der Waals surface area contributed by atoms with Gasteiger partial charge in [0.25, 0.3) is 0 Å². The normalized spacial score (nSPS) is 19.2. The molecule has 0 radical (unpaired) electrons. The smallest absolute Gasteiger partial charge is 0.241 e. The third kappa shape index (κ3) is 2.27. The summed E-state index contributed by atoms with van der Waals surface area (Å²) in [6.07, 6.45) is 4.12. The highest BCUT2D eigenvalue weighted by Gasteiger charge is 2.28. The van der Waals surface area contributed by atoms with Gasteiger partial charge in [-0.2, -0.15) is 15.1 Å². The molecular weight excluding hydrogens is 256 g/mol. The molecule has 2 aromatic heterocycles. The molecule has 0 spiro atoms. The van der Waals surface area contributed by atoms with Crippen molar-refractivity contribution in [3.05, 3.63) is 6.20 Å². The Balaban J connectivity index is 2.01. The van der Waals surface area contributed by atoms with Crippen molar-refractivity contribution in [2.45, 2.75) is 18.9 Å². The number of hydrogen-bond donors (Lipinski definition) is 3. The van der Waals surface area contributed by atoms with Crippen LogP contribution in [0.25, 0.3) is 11.0 Å². The summed E-state index contributed by atoms with van der Waals surface area (Å²) >= 11 is 0. The second-order valence-electron chi connectivity index (χ2n) is 5.40. The molecule has 3 rings (SSSR count). The molecule has 0 bridgehead atoms. The number of hydrogen-bond acceptors (Lipinski definition) is 7. The molecule has 1 atom stereocenters. The number of nitrogens with two attached hydrogens (primary N) is 1. The number of H-pyrrole nitrogens is 1. The van der Waals surface area contributed by atoms with E-state index in [0.717, 1.165) is 24.3 Å². The first-order valence-corrected chi connectivity index (χ1v) is 6.78. The fraction of sp³-hybridized carbons (Fsp3) is 0.583. The SMILES string of the molecule is CN(C)CC1CCCN1c1nc(NN)nc2[nH]ncc12. The number of hydrazine groups is 1. The number of likely N-dealkylation sites (N-methyl/N-ethyl adjacent to an activating group) is 1. The molecule has 108 valence electrons. The van der Waals surface area contributed by atoms with Gasteiger partial charge in [-0.05, 0) is 26.9 Å². The third-order valence-corrected chi connectivity index (χ3v) is 3.64. The summed E-state index contributed by atoms with van der Waals surface area (Å²) in [5.74, 6) is 6.77. The maximum Gasteiger partial charge on any atom is 0.241 e. The summed E-state index contributed by atoms with van der Waals surface area (Å²) in [6, 6.07) is 0.462. The first-order valence-electron chi connectivity index (χ1n) is 6.78. The van der Waals surface area contributed by atoms with E-state index >= 15 is 0 Å². The summed E-state index contributed by atoms with van der Waals surface area (Å²) < 4.78 is 0.